The summed E-state index contributed by atoms with van der Waals surface area (Å²) in [7, 11) is 1.43. The molecule has 1 aromatic rings. The summed E-state index contributed by atoms with van der Waals surface area (Å²) in [4.78, 5) is 11.6. The van der Waals surface area contributed by atoms with E-state index in [9.17, 15) is 4.91 Å². The lowest BCUT2D eigenvalue weighted by Gasteiger charge is -2.04. The Morgan fingerprint density at radius 3 is 2.71 bits per heavy atom. The molecule has 0 aromatic heterocycles. The first-order valence-corrected chi connectivity index (χ1v) is 4.55. The van der Waals surface area contributed by atoms with Gasteiger partial charge in [0.2, 0.25) is 7.05 Å². The number of hydrogen-bond acceptors (Lipinski definition) is 1. The van der Waals surface area contributed by atoms with Crippen molar-refractivity contribution in [3.05, 3.63) is 40.3 Å². The van der Waals surface area contributed by atoms with Crippen LogP contribution in [0.15, 0.2) is 24.3 Å². The Morgan fingerprint density at radius 1 is 1.43 bits per heavy atom. The van der Waals surface area contributed by atoms with E-state index in [1.54, 1.807) is 0 Å². The van der Waals surface area contributed by atoms with Gasteiger partial charge in [-0.2, -0.15) is 0 Å². The van der Waals surface area contributed by atoms with E-state index in [4.69, 9.17) is 0 Å². The summed E-state index contributed by atoms with van der Waals surface area (Å²) in [5.74, 6) is 0. The van der Waals surface area contributed by atoms with E-state index in [0.717, 1.165) is 16.8 Å². The fraction of sp³-hybridized carbons (Fsp3) is 0.273. The minimum absolute atomic E-state index is 0.696. The number of hydrazine groups is 1. The van der Waals surface area contributed by atoms with Crippen molar-refractivity contribution in [1.82, 2.24) is 0 Å². The Kier molecular flexibility index (Phi) is 3.40. The van der Waals surface area contributed by atoms with E-state index in [0.29, 0.717) is 4.87 Å². The number of benzene rings is 1. The maximum Gasteiger partial charge on any atom is 0.216 e. The maximum atomic E-state index is 10.9. The van der Waals surface area contributed by atoms with Crippen molar-refractivity contribution in [2.45, 2.75) is 13.8 Å². The van der Waals surface area contributed by atoms with Gasteiger partial charge >= 0.3 is 0 Å². The van der Waals surface area contributed by atoms with Crippen LogP contribution in [0, 0.1) is 11.8 Å². The van der Waals surface area contributed by atoms with E-state index in [1.165, 1.54) is 7.05 Å². The minimum atomic E-state index is 0.696. The van der Waals surface area contributed by atoms with Gasteiger partial charge in [-0.15, -0.1) is 5.43 Å². The predicted molar refractivity (Wildman–Crippen MR) is 59.1 cm³/mol. The van der Waals surface area contributed by atoms with Crippen molar-refractivity contribution >= 4 is 11.8 Å². The lowest BCUT2D eigenvalue weighted by molar-refractivity contribution is -0.486. The van der Waals surface area contributed by atoms with Crippen LogP contribution in [-0.2, 0) is 0 Å². The zero-order chi connectivity index (χ0) is 10.6. The van der Waals surface area contributed by atoms with E-state index >= 15 is 0 Å². The standard InChI is InChI=1S/C11H15N2O/c1-4-6-10-9(2)7-5-8-11(10)12-13(3)14/h4-8H,1-3H3,(H,12,14)/q+1/b6-4-. The molecule has 0 radical (unpaired) electrons. The molecule has 0 fully saturated rings. The number of nitroso groups, excluding NO2 is 1. The van der Waals surface area contributed by atoms with Gasteiger partial charge in [-0.25, -0.2) is 0 Å². The molecule has 0 spiro atoms. The number of aryl methyl sites for hydroxylation is 1. The molecule has 0 saturated carbocycles. The summed E-state index contributed by atoms with van der Waals surface area (Å²) in [6.07, 6.45) is 3.94. The van der Waals surface area contributed by atoms with Gasteiger partial charge in [0.15, 0.2) is 0 Å². The monoisotopic (exact) mass is 191 g/mol. The summed E-state index contributed by atoms with van der Waals surface area (Å²) < 4.78 is 0. The topological polar surface area (TPSA) is 32.1 Å². The highest BCUT2D eigenvalue weighted by Crippen LogP contribution is 2.20. The fourth-order valence-electron chi connectivity index (χ4n) is 1.34. The van der Waals surface area contributed by atoms with Crippen LogP contribution in [-0.4, -0.2) is 11.9 Å². The number of nitrogens with one attached hydrogen (secondary N) is 1. The highest BCUT2D eigenvalue weighted by molar-refractivity contribution is 5.68. The van der Waals surface area contributed by atoms with Crippen LogP contribution >= 0.6 is 0 Å². The molecule has 1 rings (SSSR count). The molecule has 1 N–H and O–H groups in total. The molecule has 0 unspecified atom stereocenters. The number of rotatable bonds is 3. The predicted octanol–water partition coefficient (Wildman–Crippen LogP) is 2.76. The second-order valence-corrected chi connectivity index (χ2v) is 3.15. The second kappa shape index (κ2) is 4.56. The Balaban J connectivity index is 3.14. The maximum absolute atomic E-state index is 10.9. The van der Waals surface area contributed by atoms with Crippen molar-refractivity contribution in [2.24, 2.45) is 0 Å². The quantitative estimate of drug-likeness (QED) is 0.588. The molecule has 0 heterocycles. The summed E-state index contributed by atoms with van der Waals surface area (Å²) >= 11 is 0. The molecule has 0 aliphatic heterocycles. The van der Waals surface area contributed by atoms with E-state index in [2.05, 4.69) is 5.43 Å². The van der Waals surface area contributed by atoms with Crippen molar-refractivity contribution in [3.63, 3.8) is 0 Å². The zero-order valence-electron chi connectivity index (χ0n) is 8.74. The smallest absolute Gasteiger partial charge is 0.120 e. The van der Waals surface area contributed by atoms with Crippen molar-refractivity contribution in [1.29, 1.82) is 0 Å². The third-order valence-corrected chi connectivity index (χ3v) is 1.94. The fourth-order valence-corrected chi connectivity index (χ4v) is 1.34. The molecule has 0 amide bonds. The van der Waals surface area contributed by atoms with Crippen LogP contribution in [0.2, 0.25) is 0 Å². The van der Waals surface area contributed by atoms with Gasteiger partial charge in [0, 0.05) is 5.56 Å². The Bertz CT molecular complexity index is 370. The van der Waals surface area contributed by atoms with E-state index in [1.807, 2.05) is 44.2 Å². The first-order valence-electron chi connectivity index (χ1n) is 4.55. The third kappa shape index (κ3) is 2.42. The van der Waals surface area contributed by atoms with Crippen LogP contribution in [0.5, 0.6) is 0 Å². The molecule has 0 atom stereocenters. The Hall–Kier alpha value is -1.64. The number of anilines is 1. The zero-order valence-corrected chi connectivity index (χ0v) is 8.74. The molecular weight excluding hydrogens is 176 g/mol. The summed E-state index contributed by atoms with van der Waals surface area (Å²) in [6.45, 7) is 3.97. The first-order chi connectivity index (χ1) is 6.65. The van der Waals surface area contributed by atoms with Gasteiger partial charge in [-0.05, 0) is 25.5 Å². The van der Waals surface area contributed by atoms with Crippen molar-refractivity contribution < 1.29 is 4.87 Å². The third-order valence-electron chi connectivity index (χ3n) is 1.94. The van der Waals surface area contributed by atoms with Crippen molar-refractivity contribution in [3.8, 4) is 0 Å². The normalized spacial score (nSPS) is 10.5. The van der Waals surface area contributed by atoms with Crippen LogP contribution in [0.3, 0.4) is 0 Å². The lowest BCUT2D eigenvalue weighted by atomic mass is 10.1. The van der Waals surface area contributed by atoms with Gasteiger partial charge in [0.05, 0.1) is 4.91 Å². The Morgan fingerprint density at radius 2 is 2.14 bits per heavy atom. The molecule has 0 aliphatic rings. The van der Waals surface area contributed by atoms with Gasteiger partial charge in [-0.1, -0.05) is 24.3 Å². The highest BCUT2D eigenvalue weighted by atomic mass is 16.3. The number of hydrogen-bond donors (Lipinski definition) is 1. The number of allylic oxidation sites excluding steroid dienone is 1. The van der Waals surface area contributed by atoms with Crippen LogP contribution < -0.4 is 5.43 Å². The highest BCUT2D eigenvalue weighted by Gasteiger charge is 2.06. The summed E-state index contributed by atoms with van der Waals surface area (Å²) in [6, 6.07) is 5.83. The van der Waals surface area contributed by atoms with Gasteiger partial charge in [0.25, 0.3) is 0 Å². The molecule has 0 bridgehead atoms. The van der Waals surface area contributed by atoms with Crippen LogP contribution in [0.25, 0.3) is 6.08 Å². The largest absolute Gasteiger partial charge is 0.216 e. The average molecular weight is 191 g/mol. The van der Waals surface area contributed by atoms with Crippen molar-refractivity contribution in [2.75, 3.05) is 12.5 Å². The van der Waals surface area contributed by atoms with E-state index in [-0.39, 0.29) is 0 Å². The molecule has 14 heavy (non-hydrogen) atoms. The summed E-state index contributed by atoms with van der Waals surface area (Å²) in [5.41, 5.74) is 5.76. The molecule has 0 aliphatic carbocycles. The minimum Gasteiger partial charge on any atom is -0.120 e. The Labute approximate surface area is 84.0 Å². The molecular formula is C11H15N2O+. The SMILES string of the molecule is C/C=C\c1c(C)cccc1N[N+](C)=O. The number of nitrogens with zero attached hydrogens (tertiary/aromatic N) is 1. The first kappa shape index (κ1) is 10.4. The molecule has 3 heteroatoms. The molecule has 0 saturated heterocycles. The van der Waals surface area contributed by atoms with Crippen LogP contribution in [0.1, 0.15) is 18.1 Å². The molecule has 74 valence electrons. The lowest BCUT2D eigenvalue weighted by Crippen LogP contribution is -2.11. The molecule has 1 aromatic carbocycles. The van der Waals surface area contributed by atoms with E-state index < -0.39 is 0 Å². The van der Waals surface area contributed by atoms with Crippen LogP contribution in [0.4, 0.5) is 5.69 Å². The molecule has 3 nitrogen and oxygen atoms in total. The van der Waals surface area contributed by atoms with Gasteiger partial charge in [-0.3, -0.25) is 0 Å². The second-order valence-electron chi connectivity index (χ2n) is 3.15. The van der Waals surface area contributed by atoms with Gasteiger partial charge in [0.1, 0.15) is 10.6 Å². The average Bonchev–Trinajstić information content (AvgIpc) is 2.10. The summed E-state index contributed by atoms with van der Waals surface area (Å²) in [5, 5.41) is 0. The van der Waals surface area contributed by atoms with Gasteiger partial charge < -0.3 is 0 Å².